The van der Waals surface area contributed by atoms with E-state index >= 15 is 0 Å². The lowest BCUT2D eigenvalue weighted by molar-refractivity contribution is -0.129. The molecule has 1 fully saturated rings. The molecule has 0 aromatic rings. The number of fused-ring (bicyclic) bond motifs is 2. The van der Waals surface area contributed by atoms with Crippen LogP contribution in [0.25, 0.3) is 0 Å². The Hall–Kier alpha value is -0.570. The molecule has 3 rings (SSSR count). The normalized spacial score (nSPS) is 33.0. The van der Waals surface area contributed by atoms with Crippen LogP contribution in [0.3, 0.4) is 0 Å². The molecular weight excluding hydrogens is 196 g/mol. The predicted octanol–water partition coefficient (Wildman–Crippen LogP) is 1.98. The Morgan fingerprint density at radius 3 is 2.07 bits per heavy atom. The average molecular weight is 210 g/mol. The quantitative estimate of drug-likeness (QED) is 0.516. The van der Waals surface area contributed by atoms with Crippen molar-refractivity contribution in [3.63, 3.8) is 0 Å². The lowest BCUT2D eigenvalue weighted by atomic mass is 9.78. The van der Waals surface area contributed by atoms with Gasteiger partial charge in [0.1, 0.15) is 4.75 Å². The van der Waals surface area contributed by atoms with Gasteiger partial charge in [0.15, 0.2) is 11.6 Å². The molecule has 0 aromatic carbocycles. The van der Waals surface area contributed by atoms with Crippen LogP contribution in [0.5, 0.6) is 0 Å². The molecule has 3 heteroatoms. The fraction of sp³-hybridized carbons (Fsp3) is 0.636. The summed E-state index contributed by atoms with van der Waals surface area (Å²) in [6.45, 7) is 3.09. The minimum atomic E-state index is -0.752. The molecule has 0 spiro atoms. The molecule has 0 aromatic heterocycles. The number of hydrogen-bond acceptors (Lipinski definition) is 3. The average Bonchev–Trinajstić information content (AvgIpc) is 2.18. The Morgan fingerprint density at radius 2 is 1.86 bits per heavy atom. The largest absolute Gasteiger partial charge is 0.298 e. The van der Waals surface area contributed by atoms with E-state index < -0.39 is 4.75 Å². The van der Waals surface area contributed by atoms with Crippen LogP contribution in [0.4, 0.5) is 0 Å². The van der Waals surface area contributed by atoms with Crippen molar-refractivity contribution in [3.8, 4) is 0 Å². The second-order valence-electron chi connectivity index (χ2n) is 4.07. The first-order chi connectivity index (χ1) is 6.57. The predicted molar refractivity (Wildman–Crippen MR) is 57.3 cm³/mol. The monoisotopic (exact) mass is 210 g/mol. The van der Waals surface area contributed by atoms with Crippen LogP contribution in [0, 0.1) is 5.92 Å². The molecular formula is C11H14O2S. The zero-order valence-corrected chi connectivity index (χ0v) is 9.26. The smallest absolute Gasteiger partial charge is 0.153 e. The van der Waals surface area contributed by atoms with E-state index in [0.29, 0.717) is 5.25 Å². The minimum absolute atomic E-state index is 0.0223. The van der Waals surface area contributed by atoms with E-state index in [2.05, 4.69) is 12.2 Å². The van der Waals surface area contributed by atoms with Crippen LogP contribution in [-0.4, -0.2) is 21.6 Å². The summed E-state index contributed by atoms with van der Waals surface area (Å²) in [7, 11) is 0. The number of Topliss-reactive ketones (excluding diaryl/α,β-unsaturated/α-hetero) is 2. The van der Waals surface area contributed by atoms with E-state index in [9.17, 15) is 9.59 Å². The second-order valence-corrected chi connectivity index (χ2v) is 5.56. The van der Waals surface area contributed by atoms with Gasteiger partial charge in [-0.2, -0.15) is 0 Å². The Kier molecular flexibility index (Phi) is 2.30. The van der Waals surface area contributed by atoms with Gasteiger partial charge in [-0.3, -0.25) is 9.59 Å². The number of rotatable bonds is 2. The molecule has 0 radical (unpaired) electrons. The number of carbonyl (C=O) groups is 2. The van der Waals surface area contributed by atoms with Gasteiger partial charge in [0.25, 0.3) is 0 Å². The van der Waals surface area contributed by atoms with Crippen LogP contribution in [0.1, 0.15) is 26.7 Å². The van der Waals surface area contributed by atoms with Gasteiger partial charge in [0, 0.05) is 11.2 Å². The Labute approximate surface area is 88.1 Å². The van der Waals surface area contributed by atoms with Gasteiger partial charge in [-0.25, -0.2) is 0 Å². The molecule has 3 aliphatic rings. The van der Waals surface area contributed by atoms with Crippen molar-refractivity contribution >= 4 is 23.3 Å². The SMILES string of the molecule is CC(=O)C1(C(C)=O)S[C@H]2C=C[C@@H]1CC2. The van der Waals surface area contributed by atoms with E-state index in [4.69, 9.17) is 0 Å². The molecule has 2 atom stereocenters. The van der Waals surface area contributed by atoms with Crippen molar-refractivity contribution in [2.75, 3.05) is 0 Å². The molecule has 1 saturated heterocycles. The fourth-order valence-electron chi connectivity index (χ4n) is 2.49. The molecule has 76 valence electrons. The Morgan fingerprint density at radius 1 is 1.21 bits per heavy atom. The highest BCUT2D eigenvalue weighted by Crippen LogP contribution is 2.50. The van der Waals surface area contributed by atoms with Crippen LogP contribution < -0.4 is 0 Å². The number of ketones is 2. The van der Waals surface area contributed by atoms with Gasteiger partial charge in [0.05, 0.1) is 0 Å². The van der Waals surface area contributed by atoms with Crippen molar-refractivity contribution < 1.29 is 9.59 Å². The molecule has 2 heterocycles. The topological polar surface area (TPSA) is 34.1 Å². The van der Waals surface area contributed by atoms with E-state index in [1.165, 1.54) is 0 Å². The number of hydrogen-bond donors (Lipinski definition) is 0. The Bertz CT molecular complexity index is 305. The first kappa shape index (κ1) is 9.97. The fourth-order valence-corrected chi connectivity index (χ4v) is 4.10. The molecule has 1 aliphatic carbocycles. The van der Waals surface area contributed by atoms with E-state index in [1.54, 1.807) is 25.6 Å². The van der Waals surface area contributed by atoms with Crippen LogP contribution in [0.2, 0.25) is 0 Å². The second kappa shape index (κ2) is 3.23. The maximum atomic E-state index is 11.7. The third-order valence-electron chi connectivity index (χ3n) is 3.23. The molecule has 0 unspecified atom stereocenters. The van der Waals surface area contributed by atoms with Crippen molar-refractivity contribution in [1.82, 2.24) is 0 Å². The highest BCUT2D eigenvalue weighted by atomic mass is 32.2. The molecule has 2 bridgehead atoms. The van der Waals surface area contributed by atoms with Crippen molar-refractivity contribution in [2.24, 2.45) is 5.92 Å². The minimum Gasteiger partial charge on any atom is -0.298 e. The summed E-state index contributed by atoms with van der Waals surface area (Å²) >= 11 is 1.56. The summed E-state index contributed by atoms with van der Waals surface area (Å²) in [5, 5.41) is 0.368. The molecule has 2 nitrogen and oxygen atoms in total. The third-order valence-corrected chi connectivity index (χ3v) is 5.17. The van der Waals surface area contributed by atoms with E-state index in [-0.39, 0.29) is 17.5 Å². The first-order valence-electron chi connectivity index (χ1n) is 4.95. The summed E-state index contributed by atoms with van der Waals surface area (Å²) < 4.78 is -0.752. The summed E-state index contributed by atoms with van der Waals surface area (Å²) in [5.74, 6) is 0.176. The number of allylic oxidation sites excluding steroid dienone is 1. The van der Waals surface area contributed by atoms with Crippen LogP contribution >= 0.6 is 11.8 Å². The van der Waals surface area contributed by atoms with Gasteiger partial charge in [-0.05, 0) is 26.7 Å². The van der Waals surface area contributed by atoms with Crippen molar-refractivity contribution in [3.05, 3.63) is 12.2 Å². The summed E-state index contributed by atoms with van der Waals surface area (Å²) in [6, 6.07) is 0. The van der Waals surface area contributed by atoms with Crippen LogP contribution in [-0.2, 0) is 9.59 Å². The lowest BCUT2D eigenvalue weighted by Gasteiger charge is -2.44. The summed E-state index contributed by atoms with van der Waals surface area (Å²) in [6.07, 6.45) is 6.29. The van der Waals surface area contributed by atoms with Gasteiger partial charge < -0.3 is 0 Å². The van der Waals surface area contributed by atoms with Gasteiger partial charge in [-0.1, -0.05) is 12.2 Å². The van der Waals surface area contributed by atoms with Gasteiger partial charge in [0.2, 0.25) is 0 Å². The zero-order chi connectivity index (χ0) is 10.3. The van der Waals surface area contributed by atoms with Crippen molar-refractivity contribution in [2.45, 2.75) is 36.7 Å². The molecule has 0 amide bonds. The summed E-state index contributed by atoms with van der Waals surface area (Å²) in [4.78, 5) is 23.4. The van der Waals surface area contributed by atoms with Gasteiger partial charge >= 0.3 is 0 Å². The first-order valence-corrected chi connectivity index (χ1v) is 5.83. The summed E-state index contributed by atoms with van der Waals surface area (Å²) in [5.41, 5.74) is 0. The number of thioether (sulfide) groups is 1. The number of carbonyl (C=O) groups excluding carboxylic acids is 2. The Balaban J connectivity index is 2.43. The van der Waals surface area contributed by atoms with Crippen LogP contribution in [0.15, 0.2) is 12.2 Å². The standard InChI is InChI=1S/C11H14O2S/c1-7(12)11(8(2)13)9-3-5-10(14-11)6-4-9/h3,5,9-10H,4,6H2,1-2H3/t9-,10+/m1/s1. The molecule has 0 N–H and O–H groups in total. The molecule has 2 aliphatic heterocycles. The maximum Gasteiger partial charge on any atom is 0.153 e. The molecule has 0 saturated carbocycles. The maximum absolute atomic E-state index is 11.7. The van der Waals surface area contributed by atoms with Gasteiger partial charge in [-0.15, -0.1) is 11.8 Å². The zero-order valence-electron chi connectivity index (χ0n) is 8.45. The third kappa shape index (κ3) is 1.18. The van der Waals surface area contributed by atoms with E-state index in [1.807, 2.05) is 0 Å². The highest BCUT2D eigenvalue weighted by Gasteiger charge is 2.52. The van der Waals surface area contributed by atoms with E-state index in [0.717, 1.165) is 12.8 Å². The highest BCUT2D eigenvalue weighted by molar-refractivity contribution is 8.03. The van der Waals surface area contributed by atoms with Crippen molar-refractivity contribution in [1.29, 1.82) is 0 Å². The lowest BCUT2D eigenvalue weighted by Crippen LogP contribution is -2.52. The molecule has 14 heavy (non-hydrogen) atoms.